The van der Waals surface area contributed by atoms with Gasteiger partial charge in [0.1, 0.15) is 0 Å². The quantitative estimate of drug-likeness (QED) is 0.840. The van der Waals surface area contributed by atoms with Crippen molar-refractivity contribution in [2.75, 3.05) is 0 Å². The smallest absolute Gasteiger partial charge is 0.337 e. The number of aromatic amines is 1. The second-order valence-electron chi connectivity index (χ2n) is 6.79. The molecular formula is C15H19NO2. The van der Waals surface area contributed by atoms with Gasteiger partial charge in [-0.05, 0) is 67.3 Å². The van der Waals surface area contributed by atoms with Crippen molar-refractivity contribution in [3.05, 3.63) is 23.5 Å². The number of carboxylic acid groups (broad SMARTS) is 1. The third-order valence-corrected chi connectivity index (χ3v) is 5.59. The molecule has 0 saturated heterocycles. The largest absolute Gasteiger partial charge is 0.478 e. The molecule has 4 aliphatic carbocycles. The molecule has 96 valence electrons. The zero-order valence-corrected chi connectivity index (χ0v) is 10.5. The Morgan fingerprint density at radius 2 is 1.67 bits per heavy atom. The Balaban J connectivity index is 1.79. The molecule has 0 aliphatic heterocycles. The number of hydrogen-bond donors (Lipinski definition) is 2. The summed E-state index contributed by atoms with van der Waals surface area (Å²) < 4.78 is 0. The molecule has 1 heterocycles. The first kappa shape index (κ1) is 10.7. The van der Waals surface area contributed by atoms with E-state index in [2.05, 4.69) is 4.98 Å². The second-order valence-corrected chi connectivity index (χ2v) is 6.79. The van der Waals surface area contributed by atoms with Gasteiger partial charge in [-0.15, -0.1) is 0 Å². The van der Waals surface area contributed by atoms with Gasteiger partial charge in [-0.25, -0.2) is 4.79 Å². The van der Waals surface area contributed by atoms with Crippen molar-refractivity contribution in [1.29, 1.82) is 0 Å². The van der Waals surface area contributed by atoms with Crippen LogP contribution in [0.3, 0.4) is 0 Å². The fourth-order valence-electron chi connectivity index (χ4n) is 5.42. The molecule has 2 N–H and O–H groups in total. The highest BCUT2D eigenvalue weighted by atomic mass is 16.4. The maximum Gasteiger partial charge on any atom is 0.337 e. The van der Waals surface area contributed by atoms with Crippen molar-refractivity contribution in [1.82, 2.24) is 4.98 Å². The SMILES string of the molecule is O=C(O)c1c[nH]cc1C12CC3CC(CC(C3)C1)C2. The van der Waals surface area contributed by atoms with Crippen LogP contribution in [-0.2, 0) is 5.41 Å². The normalized spacial score (nSPS) is 41.2. The van der Waals surface area contributed by atoms with E-state index in [9.17, 15) is 9.90 Å². The lowest BCUT2D eigenvalue weighted by Gasteiger charge is -2.57. The van der Waals surface area contributed by atoms with Crippen molar-refractivity contribution in [3.63, 3.8) is 0 Å². The molecule has 3 heteroatoms. The molecule has 0 unspecified atom stereocenters. The summed E-state index contributed by atoms with van der Waals surface area (Å²) in [5.74, 6) is 1.79. The number of aromatic nitrogens is 1. The molecule has 4 fully saturated rings. The van der Waals surface area contributed by atoms with E-state index in [1.165, 1.54) is 38.5 Å². The van der Waals surface area contributed by atoms with Crippen LogP contribution in [0.15, 0.2) is 12.4 Å². The number of hydrogen-bond acceptors (Lipinski definition) is 1. The van der Waals surface area contributed by atoms with Crippen LogP contribution in [0.25, 0.3) is 0 Å². The lowest BCUT2D eigenvalue weighted by Crippen LogP contribution is -2.48. The van der Waals surface area contributed by atoms with E-state index in [4.69, 9.17) is 0 Å². The van der Waals surface area contributed by atoms with E-state index in [0.717, 1.165) is 23.3 Å². The average Bonchev–Trinajstić information content (AvgIpc) is 2.76. The van der Waals surface area contributed by atoms with Gasteiger partial charge in [0.25, 0.3) is 0 Å². The molecule has 0 spiro atoms. The fraction of sp³-hybridized carbons (Fsp3) is 0.667. The third kappa shape index (κ3) is 1.33. The van der Waals surface area contributed by atoms with Crippen LogP contribution < -0.4 is 0 Å². The maximum absolute atomic E-state index is 11.4. The molecule has 18 heavy (non-hydrogen) atoms. The van der Waals surface area contributed by atoms with Crippen molar-refractivity contribution in [3.8, 4) is 0 Å². The van der Waals surface area contributed by atoms with E-state index < -0.39 is 5.97 Å². The van der Waals surface area contributed by atoms with Crippen LogP contribution in [0.5, 0.6) is 0 Å². The summed E-state index contributed by atoms with van der Waals surface area (Å²) in [4.78, 5) is 14.4. The average molecular weight is 245 g/mol. The van der Waals surface area contributed by atoms with Crippen molar-refractivity contribution < 1.29 is 9.90 Å². The molecule has 1 aromatic rings. The summed E-state index contributed by atoms with van der Waals surface area (Å²) in [5, 5.41) is 9.34. The summed E-state index contributed by atoms with van der Waals surface area (Å²) in [6, 6.07) is 0. The minimum Gasteiger partial charge on any atom is -0.478 e. The van der Waals surface area contributed by atoms with Crippen LogP contribution in [0.2, 0.25) is 0 Å². The van der Waals surface area contributed by atoms with E-state index in [0.29, 0.717) is 5.56 Å². The number of aromatic carboxylic acids is 1. The van der Waals surface area contributed by atoms with Crippen molar-refractivity contribution in [2.45, 2.75) is 43.9 Å². The molecule has 0 atom stereocenters. The predicted molar refractivity (Wildman–Crippen MR) is 67.6 cm³/mol. The van der Waals surface area contributed by atoms with Gasteiger partial charge in [-0.3, -0.25) is 0 Å². The highest BCUT2D eigenvalue weighted by molar-refractivity contribution is 5.89. The van der Waals surface area contributed by atoms with Gasteiger partial charge in [0, 0.05) is 12.4 Å². The summed E-state index contributed by atoms with van der Waals surface area (Å²) in [5.41, 5.74) is 1.79. The summed E-state index contributed by atoms with van der Waals surface area (Å²) >= 11 is 0. The lowest BCUT2D eigenvalue weighted by atomic mass is 9.48. The van der Waals surface area contributed by atoms with E-state index >= 15 is 0 Å². The molecule has 0 aromatic carbocycles. The van der Waals surface area contributed by atoms with Gasteiger partial charge in [0.15, 0.2) is 0 Å². The first-order valence-electron chi connectivity index (χ1n) is 7.07. The molecule has 1 aromatic heterocycles. The first-order valence-corrected chi connectivity index (χ1v) is 7.07. The monoisotopic (exact) mass is 245 g/mol. The standard InChI is InChI=1S/C15H19NO2/c17-14(18)12-7-16-8-13(12)15-4-9-1-10(5-15)3-11(2-9)6-15/h7-11,16H,1-6H2,(H,17,18). The predicted octanol–water partition coefficient (Wildman–Crippen LogP) is 3.18. The van der Waals surface area contributed by atoms with Gasteiger partial charge >= 0.3 is 5.97 Å². The zero-order valence-electron chi connectivity index (χ0n) is 10.5. The van der Waals surface area contributed by atoms with E-state index in [1.54, 1.807) is 6.20 Å². The minimum absolute atomic E-state index is 0.183. The number of nitrogens with one attached hydrogen (secondary N) is 1. The fourth-order valence-corrected chi connectivity index (χ4v) is 5.42. The van der Waals surface area contributed by atoms with Crippen LogP contribution >= 0.6 is 0 Å². The lowest BCUT2D eigenvalue weighted by molar-refractivity contribution is -0.00572. The van der Waals surface area contributed by atoms with Gasteiger partial charge in [-0.1, -0.05) is 0 Å². The number of H-pyrrole nitrogens is 1. The van der Waals surface area contributed by atoms with Crippen molar-refractivity contribution >= 4 is 5.97 Å². The molecule has 4 aliphatic rings. The number of carbonyl (C=O) groups is 1. The van der Waals surface area contributed by atoms with Gasteiger partial charge in [0.05, 0.1) is 5.56 Å². The zero-order chi connectivity index (χ0) is 12.3. The Bertz CT molecular complexity index is 467. The number of carboxylic acids is 1. The number of rotatable bonds is 2. The molecule has 0 radical (unpaired) electrons. The summed E-state index contributed by atoms with van der Waals surface area (Å²) in [6.45, 7) is 0. The Morgan fingerprint density at radius 3 is 2.17 bits per heavy atom. The van der Waals surface area contributed by atoms with Crippen LogP contribution in [-0.4, -0.2) is 16.1 Å². The molecular weight excluding hydrogens is 226 g/mol. The summed E-state index contributed by atoms with van der Waals surface area (Å²) in [7, 11) is 0. The topological polar surface area (TPSA) is 53.1 Å². The third-order valence-electron chi connectivity index (χ3n) is 5.59. The Kier molecular flexibility index (Phi) is 2.01. The van der Waals surface area contributed by atoms with Crippen LogP contribution in [0.1, 0.15) is 54.4 Å². The molecule has 4 saturated carbocycles. The Labute approximate surface area is 107 Å². The van der Waals surface area contributed by atoms with E-state index in [1.807, 2.05) is 6.20 Å². The van der Waals surface area contributed by atoms with Crippen molar-refractivity contribution in [2.24, 2.45) is 17.8 Å². The molecule has 4 bridgehead atoms. The van der Waals surface area contributed by atoms with E-state index in [-0.39, 0.29) is 5.41 Å². The minimum atomic E-state index is -0.776. The Morgan fingerprint density at radius 1 is 1.11 bits per heavy atom. The van der Waals surface area contributed by atoms with Crippen LogP contribution in [0, 0.1) is 17.8 Å². The molecule has 0 amide bonds. The highest BCUT2D eigenvalue weighted by Gasteiger charge is 2.52. The summed E-state index contributed by atoms with van der Waals surface area (Å²) in [6.07, 6.45) is 11.5. The van der Waals surface area contributed by atoms with Gasteiger partial charge in [0.2, 0.25) is 0 Å². The second kappa shape index (κ2) is 3.40. The first-order chi connectivity index (χ1) is 8.66. The van der Waals surface area contributed by atoms with Crippen LogP contribution in [0.4, 0.5) is 0 Å². The van der Waals surface area contributed by atoms with Gasteiger partial charge < -0.3 is 10.1 Å². The highest BCUT2D eigenvalue weighted by Crippen LogP contribution is 2.61. The Hall–Kier alpha value is -1.25. The molecule has 3 nitrogen and oxygen atoms in total. The maximum atomic E-state index is 11.4. The van der Waals surface area contributed by atoms with Gasteiger partial charge in [-0.2, -0.15) is 0 Å². The molecule has 5 rings (SSSR count).